The van der Waals surface area contributed by atoms with Crippen LogP contribution in [0.15, 0.2) is 30.3 Å². The minimum atomic E-state index is -0.104. The second kappa shape index (κ2) is 5.12. The van der Waals surface area contributed by atoms with E-state index in [4.69, 9.17) is 4.74 Å². The van der Waals surface area contributed by atoms with Crippen molar-refractivity contribution in [2.24, 2.45) is 5.92 Å². The highest BCUT2D eigenvalue weighted by atomic mass is 16.5. The van der Waals surface area contributed by atoms with Gasteiger partial charge in [0.2, 0.25) is 0 Å². The zero-order valence-corrected chi connectivity index (χ0v) is 9.48. The zero-order chi connectivity index (χ0) is 11.4. The Morgan fingerprint density at radius 3 is 2.75 bits per heavy atom. The molecule has 3 nitrogen and oxygen atoms in total. The van der Waals surface area contributed by atoms with Crippen LogP contribution in [0.4, 0.5) is 0 Å². The molecule has 0 aromatic heterocycles. The van der Waals surface area contributed by atoms with Gasteiger partial charge in [-0.15, -0.1) is 0 Å². The first kappa shape index (κ1) is 11.1. The molecule has 3 heteroatoms. The Balaban J connectivity index is 2.05. The monoisotopic (exact) mass is 219 g/mol. The van der Waals surface area contributed by atoms with Crippen molar-refractivity contribution in [2.45, 2.75) is 12.3 Å². The van der Waals surface area contributed by atoms with Gasteiger partial charge in [0.1, 0.15) is 0 Å². The fourth-order valence-corrected chi connectivity index (χ4v) is 2.27. The van der Waals surface area contributed by atoms with Crippen LogP contribution in [0.2, 0.25) is 0 Å². The highest BCUT2D eigenvalue weighted by Crippen LogP contribution is 2.26. The maximum Gasteiger partial charge on any atom is 0.309 e. The highest BCUT2D eigenvalue weighted by Gasteiger charge is 2.28. The third-order valence-corrected chi connectivity index (χ3v) is 3.16. The minimum absolute atomic E-state index is 0.0102. The first-order chi connectivity index (χ1) is 7.81. The lowest BCUT2D eigenvalue weighted by Gasteiger charge is -2.28. The number of ether oxygens (including phenoxy) is 1. The Labute approximate surface area is 95.8 Å². The summed E-state index contributed by atoms with van der Waals surface area (Å²) >= 11 is 0. The standard InChI is InChI=1S/C13H17NO2/c1-16-13(15)12-7-11(8-14-9-12)10-5-3-2-4-6-10/h2-6,11-12,14H,7-9H2,1H3/t11-,12-/m0/s1. The number of hydrogen-bond acceptors (Lipinski definition) is 3. The van der Waals surface area contributed by atoms with Gasteiger partial charge in [-0.3, -0.25) is 4.79 Å². The Hall–Kier alpha value is -1.35. The highest BCUT2D eigenvalue weighted by molar-refractivity contribution is 5.72. The Morgan fingerprint density at radius 2 is 2.06 bits per heavy atom. The molecule has 0 unspecified atom stereocenters. The summed E-state index contributed by atoms with van der Waals surface area (Å²) in [4.78, 5) is 11.5. The maximum absolute atomic E-state index is 11.5. The van der Waals surface area contributed by atoms with Crippen LogP contribution in [0, 0.1) is 5.92 Å². The van der Waals surface area contributed by atoms with Gasteiger partial charge in [0.15, 0.2) is 0 Å². The van der Waals surface area contributed by atoms with E-state index in [1.54, 1.807) is 0 Å². The van der Waals surface area contributed by atoms with Crippen LogP contribution in [-0.2, 0) is 9.53 Å². The number of nitrogens with one attached hydrogen (secondary N) is 1. The van der Waals surface area contributed by atoms with Crippen LogP contribution in [0.5, 0.6) is 0 Å². The van der Waals surface area contributed by atoms with E-state index < -0.39 is 0 Å². The summed E-state index contributed by atoms with van der Waals surface area (Å²) in [6.07, 6.45) is 0.879. The summed E-state index contributed by atoms with van der Waals surface area (Å²) in [5.74, 6) is 0.302. The van der Waals surface area contributed by atoms with Crippen molar-refractivity contribution in [1.29, 1.82) is 0 Å². The molecule has 0 bridgehead atoms. The number of rotatable bonds is 2. The molecule has 1 heterocycles. The Bertz CT molecular complexity index is 350. The molecule has 1 aliphatic heterocycles. The molecule has 0 aliphatic carbocycles. The van der Waals surface area contributed by atoms with Gasteiger partial charge < -0.3 is 10.1 Å². The summed E-state index contributed by atoms with van der Waals surface area (Å²) in [5.41, 5.74) is 1.30. The first-order valence-electron chi connectivity index (χ1n) is 5.64. The van der Waals surface area contributed by atoms with Crippen LogP contribution in [-0.4, -0.2) is 26.2 Å². The van der Waals surface area contributed by atoms with Crippen molar-refractivity contribution in [3.05, 3.63) is 35.9 Å². The van der Waals surface area contributed by atoms with Crippen molar-refractivity contribution in [2.75, 3.05) is 20.2 Å². The number of piperidine rings is 1. The number of carbonyl (C=O) groups excluding carboxylic acids is 1. The van der Waals surface area contributed by atoms with E-state index in [0.717, 1.165) is 19.5 Å². The summed E-state index contributed by atoms with van der Waals surface area (Å²) < 4.78 is 4.79. The SMILES string of the molecule is COC(=O)[C@@H]1CNC[C@@H](c2ccccc2)C1. The molecule has 2 atom stereocenters. The quantitative estimate of drug-likeness (QED) is 0.767. The van der Waals surface area contributed by atoms with Gasteiger partial charge in [-0.1, -0.05) is 30.3 Å². The first-order valence-corrected chi connectivity index (χ1v) is 5.64. The molecule has 0 radical (unpaired) electrons. The third kappa shape index (κ3) is 2.42. The van der Waals surface area contributed by atoms with Crippen molar-refractivity contribution in [3.8, 4) is 0 Å². The number of hydrogen-bond donors (Lipinski definition) is 1. The fourth-order valence-electron chi connectivity index (χ4n) is 2.27. The van der Waals surface area contributed by atoms with Gasteiger partial charge in [-0.05, 0) is 17.9 Å². The van der Waals surface area contributed by atoms with Crippen molar-refractivity contribution in [1.82, 2.24) is 5.32 Å². The molecule has 0 spiro atoms. The van der Waals surface area contributed by atoms with E-state index in [9.17, 15) is 4.79 Å². The average Bonchev–Trinajstić information content (AvgIpc) is 2.39. The Morgan fingerprint density at radius 1 is 1.31 bits per heavy atom. The van der Waals surface area contributed by atoms with Gasteiger partial charge in [-0.25, -0.2) is 0 Å². The van der Waals surface area contributed by atoms with Crippen molar-refractivity contribution >= 4 is 5.97 Å². The molecular formula is C13H17NO2. The van der Waals surface area contributed by atoms with Crippen molar-refractivity contribution in [3.63, 3.8) is 0 Å². The van der Waals surface area contributed by atoms with Gasteiger partial charge in [0.25, 0.3) is 0 Å². The number of esters is 1. The van der Waals surface area contributed by atoms with Gasteiger partial charge in [0, 0.05) is 13.1 Å². The maximum atomic E-state index is 11.5. The second-order valence-corrected chi connectivity index (χ2v) is 4.22. The van der Waals surface area contributed by atoms with Gasteiger partial charge >= 0.3 is 5.97 Å². The number of methoxy groups -OCH3 is 1. The number of carbonyl (C=O) groups is 1. The minimum Gasteiger partial charge on any atom is -0.469 e. The summed E-state index contributed by atoms with van der Waals surface area (Å²) in [5, 5.41) is 3.30. The van der Waals surface area contributed by atoms with Gasteiger partial charge in [-0.2, -0.15) is 0 Å². The van der Waals surface area contributed by atoms with Crippen LogP contribution < -0.4 is 5.32 Å². The summed E-state index contributed by atoms with van der Waals surface area (Å²) in [7, 11) is 1.45. The fraction of sp³-hybridized carbons (Fsp3) is 0.462. The molecule has 1 aromatic carbocycles. The van der Waals surface area contributed by atoms with Crippen molar-refractivity contribution < 1.29 is 9.53 Å². The van der Waals surface area contributed by atoms with E-state index in [0.29, 0.717) is 5.92 Å². The lowest BCUT2D eigenvalue weighted by molar-refractivity contribution is -0.146. The van der Waals surface area contributed by atoms with Crippen LogP contribution in [0.3, 0.4) is 0 Å². The lowest BCUT2D eigenvalue weighted by Crippen LogP contribution is -2.39. The molecule has 0 saturated carbocycles. The summed E-state index contributed by atoms with van der Waals surface area (Å²) in [6.45, 7) is 1.67. The summed E-state index contributed by atoms with van der Waals surface area (Å²) in [6, 6.07) is 10.3. The molecular weight excluding hydrogens is 202 g/mol. The third-order valence-electron chi connectivity index (χ3n) is 3.16. The van der Waals surface area contributed by atoms with Crippen LogP contribution >= 0.6 is 0 Å². The zero-order valence-electron chi connectivity index (χ0n) is 9.48. The van der Waals surface area contributed by atoms with E-state index in [-0.39, 0.29) is 11.9 Å². The molecule has 2 rings (SSSR count). The van der Waals surface area contributed by atoms with E-state index >= 15 is 0 Å². The molecule has 1 saturated heterocycles. The van der Waals surface area contributed by atoms with E-state index in [1.165, 1.54) is 12.7 Å². The molecule has 16 heavy (non-hydrogen) atoms. The largest absolute Gasteiger partial charge is 0.469 e. The van der Waals surface area contributed by atoms with Gasteiger partial charge in [0.05, 0.1) is 13.0 Å². The normalized spacial score (nSPS) is 25.1. The average molecular weight is 219 g/mol. The van der Waals surface area contributed by atoms with E-state index in [1.807, 2.05) is 18.2 Å². The predicted molar refractivity (Wildman–Crippen MR) is 62.2 cm³/mol. The Kier molecular flexibility index (Phi) is 3.57. The molecule has 1 aliphatic rings. The molecule has 86 valence electrons. The molecule has 0 amide bonds. The predicted octanol–water partition coefficient (Wildman–Crippen LogP) is 1.55. The molecule has 1 fully saturated rings. The van der Waals surface area contributed by atoms with Crippen LogP contribution in [0.1, 0.15) is 17.9 Å². The molecule has 1 aromatic rings. The second-order valence-electron chi connectivity index (χ2n) is 4.22. The topological polar surface area (TPSA) is 38.3 Å². The number of benzene rings is 1. The van der Waals surface area contributed by atoms with Crippen LogP contribution in [0.25, 0.3) is 0 Å². The lowest BCUT2D eigenvalue weighted by atomic mass is 9.86. The molecule has 1 N–H and O–H groups in total. The smallest absolute Gasteiger partial charge is 0.309 e. The van der Waals surface area contributed by atoms with E-state index in [2.05, 4.69) is 17.4 Å².